The van der Waals surface area contributed by atoms with Gasteiger partial charge in [0, 0.05) is 43.3 Å². The summed E-state index contributed by atoms with van der Waals surface area (Å²) in [6.07, 6.45) is 4.03. The van der Waals surface area contributed by atoms with Gasteiger partial charge < -0.3 is 25.3 Å². The van der Waals surface area contributed by atoms with E-state index in [4.69, 9.17) is 11.6 Å². The van der Waals surface area contributed by atoms with Crippen LogP contribution in [0.4, 0.5) is 5.82 Å². The van der Waals surface area contributed by atoms with Crippen LogP contribution in [-0.2, 0) is 4.79 Å². The number of halogens is 1. The Hall–Kier alpha value is -2.26. The summed E-state index contributed by atoms with van der Waals surface area (Å²) in [7, 11) is 0. The Morgan fingerprint density at radius 3 is 2.60 bits per heavy atom. The highest BCUT2D eigenvalue weighted by Gasteiger charge is 2.40. The number of aliphatic hydroxyl groups is 2. The Bertz CT molecular complexity index is 1050. The van der Waals surface area contributed by atoms with Gasteiger partial charge in [-0.05, 0) is 55.8 Å². The molecule has 1 aromatic heterocycles. The molecule has 2 heterocycles. The molecule has 1 aliphatic heterocycles. The summed E-state index contributed by atoms with van der Waals surface area (Å²) in [5.74, 6) is 0.961. The second kappa shape index (κ2) is 10.0. The molecule has 0 unspecified atom stereocenters. The van der Waals surface area contributed by atoms with Gasteiger partial charge >= 0.3 is 0 Å². The van der Waals surface area contributed by atoms with Gasteiger partial charge in [-0.2, -0.15) is 0 Å². The minimum absolute atomic E-state index is 0.121. The van der Waals surface area contributed by atoms with Crippen LogP contribution in [0.3, 0.4) is 0 Å². The first kappa shape index (κ1) is 24.4. The lowest BCUT2D eigenvalue weighted by molar-refractivity contribution is -0.133. The second-order valence-electron chi connectivity index (χ2n) is 10.3. The standard InChI is InChI=1S/C26H34ClN5O3/c1-17-14-21(33)23-22(17)24(30-16-29-23)31-10-12-32(13-11-31)25(34)20(18-2-4-19(27)5-3-18)6-9-28-15-26(35)7-8-26/h2-5,16-17,20-21,28,33,35H,6-15H2,1H3/t17-,20-,21-/m1/s1. The number of hydrogen-bond acceptors (Lipinski definition) is 7. The fourth-order valence-electron chi connectivity index (χ4n) is 5.33. The number of amides is 1. The molecule has 3 atom stereocenters. The number of fused-ring (bicyclic) bond motifs is 1. The molecule has 188 valence electrons. The molecule has 3 N–H and O–H groups in total. The largest absolute Gasteiger partial charge is 0.389 e. The molecule has 2 fully saturated rings. The van der Waals surface area contributed by atoms with Gasteiger partial charge in [0.25, 0.3) is 0 Å². The van der Waals surface area contributed by atoms with Gasteiger partial charge in [-0.1, -0.05) is 30.7 Å². The van der Waals surface area contributed by atoms with Crippen LogP contribution < -0.4 is 10.2 Å². The molecule has 1 saturated heterocycles. The minimum atomic E-state index is -0.551. The van der Waals surface area contributed by atoms with Crippen molar-refractivity contribution in [3.63, 3.8) is 0 Å². The predicted octanol–water partition coefficient (Wildman–Crippen LogP) is 2.61. The van der Waals surface area contributed by atoms with Gasteiger partial charge in [0.05, 0.1) is 23.3 Å². The Morgan fingerprint density at radius 1 is 1.20 bits per heavy atom. The van der Waals surface area contributed by atoms with Gasteiger partial charge in [-0.15, -0.1) is 0 Å². The van der Waals surface area contributed by atoms with E-state index < -0.39 is 11.7 Å². The summed E-state index contributed by atoms with van der Waals surface area (Å²) in [6.45, 7) is 5.96. The first-order valence-electron chi connectivity index (χ1n) is 12.6. The summed E-state index contributed by atoms with van der Waals surface area (Å²) in [6, 6.07) is 7.54. The summed E-state index contributed by atoms with van der Waals surface area (Å²) < 4.78 is 0. The average Bonchev–Trinajstić information content (AvgIpc) is 3.53. The first-order chi connectivity index (χ1) is 16.8. The molecule has 0 bridgehead atoms. The molecule has 3 aliphatic rings. The number of carbonyl (C=O) groups excluding carboxylic acids is 1. The van der Waals surface area contributed by atoms with Crippen LogP contribution in [0.1, 0.15) is 67.4 Å². The number of rotatable bonds is 8. The van der Waals surface area contributed by atoms with Gasteiger partial charge in [0.2, 0.25) is 5.91 Å². The van der Waals surface area contributed by atoms with Crippen LogP contribution in [0, 0.1) is 0 Å². The van der Waals surface area contributed by atoms with E-state index in [1.54, 1.807) is 0 Å². The first-order valence-corrected chi connectivity index (χ1v) is 13.0. The Morgan fingerprint density at radius 2 is 1.91 bits per heavy atom. The van der Waals surface area contributed by atoms with Crippen LogP contribution in [0.5, 0.6) is 0 Å². The lowest BCUT2D eigenvalue weighted by Gasteiger charge is -2.38. The molecular weight excluding hydrogens is 466 g/mol. The van der Waals surface area contributed by atoms with Crippen molar-refractivity contribution in [2.75, 3.05) is 44.2 Å². The van der Waals surface area contributed by atoms with Gasteiger partial charge in [0.15, 0.2) is 0 Å². The van der Waals surface area contributed by atoms with E-state index in [9.17, 15) is 15.0 Å². The average molecular weight is 500 g/mol. The highest BCUT2D eigenvalue weighted by molar-refractivity contribution is 6.30. The Labute approximate surface area is 211 Å². The zero-order valence-electron chi connectivity index (χ0n) is 20.2. The van der Waals surface area contributed by atoms with E-state index in [-0.39, 0.29) is 17.7 Å². The zero-order chi connectivity index (χ0) is 24.6. The fourth-order valence-corrected chi connectivity index (χ4v) is 5.46. The third-order valence-corrected chi connectivity index (χ3v) is 7.88. The molecule has 35 heavy (non-hydrogen) atoms. The fraction of sp³-hybridized carbons (Fsp3) is 0.577. The van der Waals surface area contributed by atoms with Gasteiger partial charge in [0.1, 0.15) is 12.1 Å². The topological polar surface area (TPSA) is 102 Å². The van der Waals surface area contributed by atoms with Crippen LogP contribution in [-0.4, -0.2) is 75.9 Å². The molecule has 8 nitrogen and oxygen atoms in total. The Balaban J connectivity index is 1.25. The SMILES string of the molecule is C[C@@H]1C[C@@H](O)c2ncnc(N3CCN(C(=O)[C@H](CCNCC4(O)CC4)c4ccc(Cl)cc4)CC3)c21. The summed E-state index contributed by atoms with van der Waals surface area (Å²) >= 11 is 6.10. The van der Waals surface area contributed by atoms with Crippen molar-refractivity contribution in [3.05, 3.63) is 52.4 Å². The van der Waals surface area contributed by atoms with E-state index in [1.165, 1.54) is 6.33 Å². The molecule has 1 amide bonds. The number of piperazine rings is 1. The molecule has 2 aliphatic carbocycles. The van der Waals surface area contributed by atoms with E-state index in [0.717, 1.165) is 35.5 Å². The molecule has 5 rings (SSSR count). The smallest absolute Gasteiger partial charge is 0.230 e. The number of hydrogen-bond donors (Lipinski definition) is 3. The van der Waals surface area contributed by atoms with E-state index in [0.29, 0.717) is 57.1 Å². The normalized spacial score (nSPS) is 23.8. The number of carbonyl (C=O) groups is 1. The molecule has 0 spiro atoms. The number of benzene rings is 1. The maximum absolute atomic E-state index is 13.7. The van der Waals surface area contributed by atoms with Crippen molar-refractivity contribution in [1.82, 2.24) is 20.2 Å². The quantitative estimate of drug-likeness (QED) is 0.480. The molecule has 1 aromatic carbocycles. The molecular formula is C26H34ClN5O3. The van der Waals surface area contributed by atoms with Gasteiger partial charge in [-0.3, -0.25) is 4.79 Å². The second-order valence-corrected chi connectivity index (χ2v) is 10.7. The monoisotopic (exact) mass is 499 g/mol. The van der Waals surface area contributed by atoms with Crippen molar-refractivity contribution < 1.29 is 15.0 Å². The molecule has 9 heteroatoms. The van der Waals surface area contributed by atoms with E-state index in [2.05, 4.69) is 27.1 Å². The van der Waals surface area contributed by atoms with Crippen molar-refractivity contribution in [3.8, 4) is 0 Å². The third-order valence-electron chi connectivity index (χ3n) is 7.63. The zero-order valence-corrected chi connectivity index (χ0v) is 20.9. The minimum Gasteiger partial charge on any atom is -0.389 e. The number of aromatic nitrogens is 2. The van der Waals surface area contributed by atoms with Crippen molar-refractivity contribution in [2.45, 2.75) is 56.1 Å². The maximum Gasteiger partial charge on any atom is 0.230 e. The van der Waals surface area contributed by atoms with Crippen molar-refractivity contribution in [2.24, 2.45) is 0 Å². The van der Waals surface area contributed by atoms with Crippen molar-refractivity contribution in [1.29, 1.82) is 0 Å². The number of anilines is 1. The molecule has 2 aromatic rings. The number of nitrogens with zero attached hydrogens (tertiary/aromatic N) is 4. The summed E-state index contributed by atoms with van der Waals surface area (Å²) in [5.41, 5.74) is 2.20. The van der Waals surface area contributed by atoms with Gasteiger partial charge in [-0.25, -0.2) is 9.97 Å². The number of aliphatic hydroxyl groups excluding tert-OH is 1. The maximum atomic E-state index is 13.7. The lowest BCUT2D eigenvalue weighted by Crippen LogP contribution is -2.50. The highest BCUT2D eigenvalue weighted by atomic mass is 35.5. The van der Waals surface area contributed by atoms with E-state index >= 15 is 0 Å². The molecule has 1 saturated carbocycles. The van der Waals surface area contributed by atoms with Crippen LogP contribution >= 0.6 is 11.6 Å². The number of nitrogens with one attached hydrogen (secondary N) is 1. The highest BCUT2D eigenvalue weighted by Crippen LogP contribution is 2.43. The third kappa shape index (κ3) is 5.31. The summed E-state index contributed by atoms with van der Waals surface area (Å²) in [5, 5.41) is 24.4. The van der Waals surface area contributed by atoms with Crippen molar-refractivity contribution >= 4 is 23.3 Å². The van der Waals surface area contributed by atoms with Crippen LogP contribution in [0.25, 0.3) is 0 Å². The Kier molecular flexibility index (Phi) is 6.99. The van der Waals surface area contributed by atoms with E-state index in [1.807, 2.05) is 29.2 Å². The summed E-state index contributed by atoms with van der Waals surface area (Å²) in [4.78, 5) is 26.7. The molecule has 0 radical (unpaired) electrons. The predicted molar refractivity (Wildman–Crippen MR) is 135 cm³/mol. The van der Waals surface area contributed by atoms with Crippen LogP contribution in [0.2, 0.25) is 5.02 Å². The van der Waals surface area contributed by atoms with Crippen LogP contribution in [0.15, 0.2) is 30.6 Å². The lowest BCUT2D eigenvalue weighted by atomic mass is 9.93.